The van der Waals surface area contributed by atoms with Crippen molar-refractivity contribution in [3.63, 3.8) is 0 Å². The zero-order chi connectivity index (χ0) is 15.3. The Morgan fingerprint density at radius 3 is 2.71 bits per heavy atom. The normalized spacial score (nSPS) is 35.0. The Kier molecular flexibility index (Phi) is 3.67. The van der Waals surface area contributed by atoms with Gasteiger partial charge in [0.1, 0.15) is 5.60 Å². The van der Waals surface area contributed by atoms with Crippen LogP contribution in [0.15, 0.2) is 11.6 Å². The fourth-order valence-corrected chi connectivity index (χ4v) is 4.29. The maximum atomic E-state index is 12.2. The Labute approximate surface area is 128 Å². The number of carbonyl (C=O) groups is 1. The molecule has 3 atom stereocenters. The lowest BCUT2D eigenvalue weighted by Gasteiger charge is -2.51. The number of rotatable bonds is 5. The van der Waals surface area contributed by atoms with Gasteiger partial charge in [-0.05, 0) is 82.6 Å². The molecule has 3 rings (SSSR count). The summed E-state index contributed by atoms with van der Waals surface area (Å²) >= 11 is 0. The summed E-state index contributed by atoms with van der Waals surface area (Å²) in [7, 11) is 0. The predicted octanol–water partition coefficient (Wildman–Crippen LogP) is 3.43. The zero-order valence-corrected chi connectivity index (χ0v) is 13.7. The average molecular weight is 291 g/mol. The summed E-state index contributed by atoms with van der Waals surface area (Å²) in [5, 5.41) is 0. The van der Waals surface area contributed by atoms with Crippen molar-refractivity contribution in [1.82, 2.24) is 0 Å². The van der Waals surface area contributed by atoms with Gasteiger partial charge in [-0.15, -0.1) is 0 Å². The van der Waals surface area contributed by atoms with Crippen molar-refractivity contribution in [2.45, 2.75) is 64.9 Å². The Balaban J connectivity index is 1.62. The smallest absolute Gasteiger partial charge is 0.306 e. The van der Waals surface area contributed by atoms with Gasteiger partial charge in [0.05, 0.1) is 6.42 Å². The monoisotopic (exact) mass is 291 g/mol. The van der Waals surface area contributed by atoms with E-state index >= 15 is 0 Å². The molecule has 0 spiro atoms. The molecule has 2 saturated carbocycles. The molecule has 0 amide bonds. The van der Waals surface area contributed by atoms with Gasteiger partial charge in [0.2, 0.25) is 0 Å². The largest absolute Gasteiger partial charge is 0.460 e. The molecule has 3 heteroatoms. The van der Waals surface area contributed by atoms with Crippen molar-refractivity contribution < 1.29 is 9.53 Å². The van der Waals surface area contributed by atoms with Crippen LogP contribution < -0.4 is 5.73 Å². The fraction of sp³-hybridized carbons (Fsp3) is 0.833. The van der Waals surface area contributed by atoms with Crippen LogP contribution in [0.1, 0.15) is 59.3 Å². The molecule has 21 heavy (non-hydrogen) atoms. The highest BCUT2D eigenvalue weighted by molar-refractivity contribution is 5.71. The molecule has 0 saturated heterocycles. The highest BCUT2D eigenvalue weighted by Gasteiger charge is 2.55. The predicted molar refractivity (Wildman–Crippen MR) is 83.6 cm³/mol. The molecular weight excluding hydrogens is 262 g/mol. The van der Waals surface area contributed by atoms with Crippen LogP contribution in [0.3, 0.4) is 0 Å². The number of carbonyl (C=O) groups excluding carboxylic acids is 1. The van der Waals surface area contributed by atoms with Crippen LogP contribution in [0.25, 0.3) is 0 Å². The Morgan fingerprint density at radius 2 is 2.14 bits per heavy atom. The molecule has 0 aromatic rings. The summed E-state index contributed by atoms with van der Waals surface area (Å²) in [5.74, 6) is 2.12. The Morgan fingerprint density at radius 1 is 1.43 bits per heavy atom. The molecule has 0 aliphatic heterocycles. The molecule has 0 heterocycles. The van der Waals surface area contributed by atoms with Crippen molar-refractivity contribution in [1.29, 1.82) is 0 Å². The number of allylic oxidation sites excluding steroid dienone is 2. The molecule has 3 aliphatic rings. The summed E-state index contributed by atoms with van der Waals surface area (Å²) in [6, 6.07) is 0. The molecule has 118 valence electrons. The lowest BCUT2D eigenvalue weighted by Crippen LogP contribution is -2.51. The van der Waals surface area contributed by atoms with Crippen molar-refractivity contribution in [2.24, 2.45) is 28.9 Å². The highest BCUT2D eigenvalue weighted by Crippen LogP contribution is 2.60. The zero-order valence-electron chi connectivity index (χ0n) is 13.7. The second kappa shape index (κ2) is 5.12. The van der Waals surface area contributed by atoms with Gasteiger partial charge in [-0.2, -0.15) is 0 Å². The van der Waals surface area contributed by atoms with Crippen LogP contribution in [-0.4, -0.2) is 18.1 Å². The first-order valence-corrected chi connectivity index (χ1v) is 8.43. The van der Waals surface area contributed by atoms with Crippen LogP contribution in [0.4, 0.5) is 0 Å². The molecule has 0 radical (unpaired) electrons. The van der Waals surface area contributed by atoms with Gasteiger partial charge in [0, 0.05) is 0 Å². The quantitative estimate of drug-likeness (QED) is 0.623. The van der Waals surface area contributed by atoms with Gasteiger partial charge in [-0.1, -0.05) is 11.6 Å². The summed E-state index contributed by atoms with van der Waals surface area (Å²) in [6.07, 6.45) is 9.40. The van der Waals surface area contributed by atoms with E-state index in [1.807, 2.05) is 20.8 Å². The van der Waals surface area contributed by atoms with Crippen molar-refractivity contribution in [3.05, 3.63) is 11.6 Å². The van der Waals surface area contributed by atoms with E-state index in [0.29, 0.717) is 18.9 Å². The van der Waals surface area contributed by atoms with E-state index in [9.17, 15) is 4.79 Å². The summed E-state index contributed by atoms with van der Waals surface area (Å²) < 4.78 is 5.51. The van der Waals surface area contributed by atoms with E-state index in [2.05, 4.69) is 6.08 Å². The third kappa shape index (κ3) is 3.18. The average Bonchev–Trinajstić information content (AvgIpc) is 3.08. The van der Waals surface area contributed by atoms with Crippen LogP contribution in [0.5, 0.6) is 0 Å². The standard InChI is InChI=1S/C18H29NO2/c1-17(2,3)21-16(20)10-18(11-19)9-14-7-13(8-15(14)18)6-12-4-5-12/h8,12,14-15H,4-7,9-11,19H2,1-3H3/t14-,15-,18-/m0/s1. The van der Waals surface area contributed by atoms with E-state index in [0.717, 1.165) is 18.3 Å². The number of esters is 1. The molecule has 0 aromatic heterocycles. The van der Waals surface area contributed by atoms with E-state index in [1.54, 1.807) is 5.57 Å². The van der Waals surface area contributed by atoms with E-state index in [-0.39, 0.29) is 11.4 Å². The fourth-order valence-electron chi connectivity index (χ4n) is 4.29. The minimum Gasteiger partial charge on any atom is -0.460 e. The Hall–Kier alpha value is -0.830. The minimum atomic E-state index is -0.404. The van der Waals surface area contributed by atoms with Gasteiger partial charge >= 0.3 is 5.97 Å². The molecular formula is C18H29NO2. The number of nitrogens with two attached hydrogens (primary N) is 1. The van der Waals surface area contributed by atoms with Gasteiger partial charge < -0.3 is 10.5 Å². The maximum absolute atomic E-state index is 12.2. The summed E-state index contributed by atoms with van der Waals surface area (Å²) in [4.78, 5) is 12.2. The Bertz CT molecular complexity index is 458. The molecule has 0 aromatic carbocycles. The number of ether oxygens (including phenoxy) is 1. The second-order valence-corrected chi connectivity index (χ2v) is 8.50. The molecule has 3 aliphatic carbocycles. The first-order chi connectivity index (χ1) is 9.81. The molecule has 0 unspecified atom stereocenters. The first-order valence-electron chi connectivity index (χ1n) is 8.43. The van der Waals surface area contributed by atoms with E-state index < -0.39 is 5.60 Å². The van der Waals surface area contributed by atoms with Crippen LogP contribution in [0.2, 0.25) is 0 Å². The van der Waals surface area contributed by atoms with Crippen molar-refractivity contribution in [3.8, 4) is 0 Å². The summed E-state index contributed by atoms with van der Waals surface area (Å²) in [5.41, 5.74) is 7.26. The van der Waals surface area contributed by atoms with Crippen molar-refractivity contribution in [2.75, 3.05) is 6.54 Å². The lowest BCUT2D eigenvalue weighted by molar-refractivity contribution is -0.162. The molecule has 3 nitrogen and oxygen atoms in total. The third-order valence-corrected chi connectivity index (χ3v) is 5.39. The third-order valence-electron chi connectivity index (χ3n) is 5.39. The topological polar surface area (TPSA) is 52.3 Å². The highest BCUT2D eigenvalue weighted by atomic mass is 16.6. The number of fused-ring (bicyclic) bond motifs is 1. The first kappa shape index (κ1) is 15.1. The minimum absolute atomic E-state index is 0.0295. The SMILES string of the molecule is CC(C)(C)OC(=O)C[C@]1(CN)C[C@@H]2CC(CC3CC3)=C[C@@H]21. The van der Waals surface area contributed by atoms with E-state index in [1.165, 1.54) is 25.7 Å². The van der Waals surface area contributed by atoms with Gasteiger partial charge in [-0.25, -0.2) is 0 Å². The molecule has 2 N–H and O–H groups in total. The van der Waals surface area contributed by atoms with Crippen LogP contribution >= 0.6 is 0 Å². The van der Waals surface area contributed by atoms with Crippen LogP contribution in [0, 0.1) is 23.2 Å². The van der Waals surface area contributed by atoms with Crippen LogP contribution in [-0.2, 0) is 9.53 Å². The number of hydrogen-bond donors (Lipinski definition) is 1. The van der Waals surface area contributed by atoms with Gasteiger partial charge in [-0.3, -0.25) is 4.79 Å². The van der Waals surface area contributed by atoms with Crippen molar-refractivity contribution >= 4 is 5.97 Å². The van der Waals surface area contributed by atoms with E-state index in [4.69, 9.17) is 10.5 Å². The van der Waals surface area contributed by atoms with Gasteiger partial charge in [0.25, 0.3) is 0 Å². The van der Waals surface area contributed by atoms with Gasteiger partial charge in [0.15, 0.2) is 0 Å². The summed E-state index contributed by atoms with van der Waals surface area (Å²) in [6.45, 7) is 6.37. The molecule has 2 fully saturated rings. The maximum Gasteiger partial charge on any atom is 0.306 e. The lowest BCUT2D eigenvalue weighted by atomic mass is 9.53. The second-order valence-electron chi connectivity index (χ2n) is 8.50. The molecule has 0 bridgehead atoms. The number of hydrogen-bond acceptors (Lipinski definition) is 3.